The molecule has 3 rings (SSSR count). The number of pyridine rings is 1. The average Bonchev–Trinajstić information content (AvgIpc) is 2.58. The smallest absolute Gasteiger partial charge is 0.173 e. The minimum atomic E-state index is -1.20. The normalized spacial score (nSPS) is 27.6. The molecule has 0 unspecified atom stereocenters. The van der Waals surface area contributed by atoms with Gasteiger partial charge in [0.05, 0.1) is 11.8 Å². The summed E-state index contributed by atoms with van der Waals surface area (Å²) in [5.74, 6) is 0.897. The van der Waals surface area contributed by atoms with Crippen LogP contribution in [0.4, 0.5) is 0 Å². The summed E-state index contributed by atoms with van der Waals surface area (Å²) in [6.07, 6.45) is -0.958. The molecule has 0 saturated carbocycles. The van der Waals surface area contributed by atoms with Gasteiger partial charge in [0.25, 0.3) is 0 Å². The van der Waals surface area contributed by atoms with Crippen LogP contribution in [0.5, 0.6) is 5.75 Å². The van der Waals surface area contributed by atoms with E-state index in [1.807, 2.05) is 30.3 Å². The third kappa shape index (κ3) is 3.84. The maximum atomic E-state index is 10.1. The Bertz CT molecular complexity index is 640. The summed E-state index contributed by atoms with van der Waals surface area (Å²) in [6.45, 7) is 0. The van der Waals surface area contributed by atoms with Crippen molar-refractivity contribution < 1.29 is 20.1 Å². The third-order valence-electron chi connectivity index (χ3n) is 3.76. The number of aromatic nitrogens is 1. The van der Waals surface area contributed by atoms with Crippen LogP contribution in [0.3, 0.4) is 0 Å². The van der Waals surface area contributed by atoms with Gasteiger partial charge in [-0.15, -0.1) is 11.8 Å². The molecule has 1 saturated heterocycles. The van der Waals surface area contributed by atoms with Gasteiger partial charge in [0.2, 0.25) is 0 Å². The highest BCUT2D eigenvalue weighted by Crippen LogP contribution is 2.30. The van der Waals surface area contributed by atoms with Gasteiger partial charge in [0.15, 0.2) is 5.44 Å². The van der Waals surface area contributed by atoms with E-state index < -0.39 is 23.7 Å². The van der Waals surface area contributed by atoms with E-state index in [4.69, 9.17) is 4.74 Å². The number of hydrogen-bond donors (Lipinski definition) is 3. The molecule has 3 N–H and O–H groups in total. The topological polar surface area (TPSA) is 82.8 Å². The molecule has 2 heterocycles. The van der Waals surface area contributed by atoms with Crippen molar-refractivity contribution in [2.24, 2.45) is 0 Å². The zero-order valence-electron chi connectivity index (χ0n) is 12.4. The van der Waals surface area contributed by atoms with E-state index in [1.54, 1.807) is 18.3 Å². The molecule has 1 fully saturated rings. The molecule has 1 aliphatic heterocycles. The lowest BCUT2D eigenvalue weighted by atomic mass is 10.1. The minimum Gasteiger partial charge on any atom is -0.475 e. The van der Waals surface area contributed by atoms with Gasteiger partial charge in [-0.3, -0.25) is 4.98 Å². The molecule has 2 aromatic rings. The van der Waals surface area contributed by atoms with Gasteiger partial charge < -0.3 is 20.1 Å². The second kappa shape index (κ2) is 7.31. The predicted molar refractivity (Wildman–Crippen MR) is 88.4 cm³/mol. The molecule has 0 aliphatic carbocycles. The molecule has 0 radical (unpaired) electrons. The van der Waals surface area contributed by atoms with E-state index in [0.29, 0.717) is 17.9 Å². The summed E-state index contributed by atoms with van der Waals surface area (Å²) >= 11 is 1.28. The molecule has 1 aromatic heterocycles. The quantitative estimate of drug-likeness (QED) is 0.780. The summed E-state index contributed by atoms with van der Waals surface area (Å²) in [7, 11) is 0. The summed E-state index contributed by atoms with van der Waals surface area (Å²) in [5.41, 5.74) is 1.25. The number of ether oxygens (including phenoxy) is 1. The first-order valence-corrected chi connectivity index (χ1v) is 8.50. The number of hydrogen-bond acceptors (Lipinski definition) is 6. The third-order valence-corrected chi connectivity index (χ3v) is 5.00. The van der Waals surface area contributed by atoms with E-state index in [-0.39, 0.29) is 0 Å². The Morgan fingerprint density at radius 1 is 1.04 bits per heavy atom. The molecule has 1 aliphatic rings. The van der Waals surface area contributed by atoms with Crippen LogP contribution >= 0.6 is 11.8 Å². The first-order valence-electron chi connectivity index (χ1n) is 7.45. The van der Waals surface area contributed by atoms with Crippen molar-refractivity contribution in [2.75, 3.05) is 5.75 Å². The largest absolute Gasteiger partial charge is 0.475 e. The van der Waals surface area contributed by atoms with Crippen LogP contribution in [0.15, 0.2) is 48.7 Å². The summed E-state index contributed by atoms with van der Waals surface area (Å²) in [5, 5.41) is 29.4. The van der Waals surface area contributed by atoms with Gasteiger partial charge in [-0.05, 0) is 17.7 Å². The molecule has 0 bridgehead atoms. The summed E-state index contributed by atoms with van der Waals surface area (Å²) < 4.78 is 5.87. The number of benzene rings is 1. The van der Waals surface area contributed by atoms with E-state index in [0.717, 1.165) is 11.3 Å². The molecular weight excluding hydrogens is 314 g/mol. The van der Waals surface area contributed by atoms with Crippen molar-refractivity contribution in [1.82, 2.24) is 4.98 Å². The van der Waals surface area contributed by atoms with E-state index in [9.17, 15) is 15.3 Å². The minimum absolute atomic E-state index is 0.317. The zero-order valence-corrected chi connectivity index (χ0v) is 13.3. The summed E-state index contributed by atoms with van der Waals surface area (Å²) in [6, 6.07) is 13.5. The highest BCUT2D eigenvalue weighted by molar-refractivity contribution is 7.99. The second-order valence-corrected chi connectivity index (χ2v) is 6.61. The lowest BCUT2D eigenvalue weighted by Gasteiger charge is -2.34. The zero-order chi connectivity index (χ0) is 16.2. The Morgan fingerprint density at radius 3 is 2.61 bits per heavy atom. The van der Waals surface area contributed by atoms with Crippen molar-refractivity contribution in [3.05, 3.63) is 59.9 Å². The number of thioether (sulfide) groups is 1. The van der Waals surface area contributed by atoms with Crippen LogP contribution in [0.25, 0.3) is 0 Å². The van der Waals surface area contributed by atoms with Crippen LogP contribution in [0.1, 0.15) is 11.3 Å². The van der Waals surface area contributed by atoms with Crippen LogP contribution < -0.4 is 4.74 Å². The lowest BCUT2D eigenvalue weighted by Crippen LogP contribution is -2.50. The first-order chi connectivity index (χ1) is 11.1. The van der Waals surface area contributed by atoms with Crippen molar-refractivity contribution in [1.29, 1.82) is 0 Å². The maximum absolute atomic E-state index is 10.1. The van der Waals surface area contributed by atoms with Gasteiger partial charge in [-0.25, -0.2) is 0 Å². The standard InChI is InChI=1S/C17H19NO4S/c19-13-10-23-17(16(21)15(13)20)22-14-7-4-8-18-12(14)9-11-5-2-1-3-6-11/h1-8,13,15-17,19-21H,9-10H2/t13-,15+,16-,17+/m1/s1. The van der Waals surface area contributed by atoms with Gasteiger partial charge >= 0.3 is 0 Å². The predicted octanol–water partition coefficient (Wildman–Crippen LogP) is 1.21. The number of aliphatic hydroxyl groups excluding tert-OH is 3. The number of nitrogens with zero attached hydrogens (tertiary/aromatic N) is 1. The number of rotatable bonds is 4. The van der Waals surface area contributed by atoms with Crippen molar-refractivity contribution in [2.45, 2.75) is 30.2 Å². The van der Waals surface area contributed by atoms with Gasteiger partial charge in [-0.1, -0.05) is 30.3 Å². The Hall–Kier alpha value is -1.60. The highest BCUT2D eigenvalue weighted by atomic mass is 32.2. The molecule has 23 heavy (non-hydrogen) atoms. The Balaban J connectivity index is 1.76. The highest BCUT2D eigenvalue weighted by Gasteiger charge is 2.38. The van der Waals surface area contributed by atoms with Crippen LogP contribution in [-0.2, 0) is 6.42 Å². The molecule has 6 heteroatoms. The fraction of sp³-hybridized carbons (Fsp3) is 0.353. The molecule has 122 valence electrons. The van der Waals surface area contributed by atoms with Gasteiger partial charge in [-0.2, -0.15) is 0 Å². The average molecular weight is 333 g/mol. The SMILES string of the molecule is O[C@@H]1[C@@H](O)[C@@H](Oc2cccnc2Cc2ccccc2)SC[C@H]1O. The van der Waals surface area contributed by atoms with Crippen molar-refractivity contribution in [3.8, 4) is 5.75 Å². The van der Waals surface area contributed by atoms with Gasteiger partial charge in [0.1, 0.15) is 18.0 Å². The molecule has 5 nitrogen and oxygen atoms in total. The van der Waals surface area contributed by atoms with Crippen molar-refractivity contribution in [3.63, 3.8) is 0 Å². The van der Waals surface area contributed by atoms with Crippen LogP contribution in [0, 0.1) is 0 Å². The molecule has 4 atom stereocenters. The Kier molecular flexibility index (Phi) is 5.17. The summed E-state index contributed by atoms with van der Waals surface area (Å²) in [4.78, 5) is 4.37. The maximum Gasteiger partial charge on any atom is 0.173 e. The number of aliphatic hydroxyl groups is 3. The van der Waals surface area contributed by atoms with Crippen LogP contribution in [-0.4, -0.2) is 49.8 Å². The fourth-order valence-corrected chi connectivity index (χ4v) is 3.57. The fourth-order valence-electron chi connectivity index (χ4n) is 2.46. The Labute approximate surface area is 139 Å². The second-order valence-electron chi connectivity index (χ2n) is 5.48. The van der Waals surface area contributed by atoms with Gasteiger partial charge in [0, 0.05) is 18.4 Å². The Morgan fingerprint density at radius 2 is 1.83 bits per heavy atom. The lowest BCUT2D eigenvalue weighted by molar-refractivity contribution is -0.0787. The molecule has 0 amide bonds. The van der Waals surface area contributed by atoms with Crippen molar-refractivity contribution >= 4 is 11.8 Å². The van der Waals surface area contributed by atoms with E-state index in [2.05, 4.69) is 4.98 Å². The molecule has 0 spiro atoms. The molecule has 1 aromatic carbocycles. The monoisotopic (exact) mass is 333 g/mol. The van der Waals surface area contributed by atoms with Crippen LogP contribution in [0.2, 0.25) is 0 Å². The van der Waals surface area contributed by atoms with E-state index in [1.165, 1.54) is 11.8 Å². The van der Waals surface area contributed by atoms with E-state index >= 15 is 0 Å². The molecular formula is C17H19NO4S. The first kappa shape index (κ1) is 16.3.